The Bertz CT molecular complexity index is 1370. The molecule has 4 rings (SSSR count). The second kappa shape index (κ2) is 12.2. The number of carbonyl (C=O) groups is 1. The van der Waals surface area contributed by atoms with E-state index in [4.69, 9.17) is 18.9 Å². The van der Waals surface area contributed by atoms with Gasteiger partial charge in [-0.25, -0.2) is 9.78 Å². The summed E-state index contributed by atoms with van der Waals surface area (Å²) in [6.07, 6.45) is -2.97. The number of nitrogens with zero attached hydrogens (tertiary/aromatic N) is 2. The molecule has 0 bridgehead atoms. The molecule has 0 aliphatic carbocycles. The summed E-state index contributed by atoms with van der Waals surface area (Å²) in [7, 11) is 0. The number of ether oxygens (including phenoxy) is 4. The Morgan fingerprint density at radius 2 is 1.76 bits per heavy atom. The van der Waals surface area contributed by atoms with E-state index in [0.29, 0.717) is 28.5 Å². The van der Waals surface area contributed by atoms with Crippen LogP contribution in [-0.4, -0.2) is 53.7 Å². The van der Waals surface area contributed by atoms with Crippen molar-refractivity contribution in [3.63, 3.8) is 0 Å². The fourth-order valence-electron chi connectivity index (χ4n) is 4.76. The number of carbonyl (C=O) groups excluding carboxylic acids is 1. The molecule has 11 heteroatoms. The summed E-state index contributed by atoms with van der Waals surface area (Å²) < 4.78 is 64.7. The lowest BCUT2D eigenvalue weighted by Crippen LogP contribution is -2.53. The van der Waals surface area contributed by atoms with Crippen molar-refractivity contribution < 1.29 is 36.9 Å². The van der Waals surface area contributed by atoms with Gasteiger partial charge in [0.1, 0.15) is 34.2 Å². The molecule has 0 N–H and O–H groups in total. The molecule has 7 nitrogen and oxygen atoms in total. The molecule has 1 amide bonds. The molecular weight excluding hydrogens is 569 g/mol. The average Bonchev–Trinajstić information content (AvgIpc) is 3.48. The first-order valence-corrected chi connectivity index (χ1v) is 14.5. The Morgan fingerprint density at radius 1 is 1.05 bits per heavy atom. The normalized spacial score (nSPS) is 18.7. The van der Waals surface area contributed by atoms with Crippen LogP contribution in [0.4, 0.5) is 18.0 Å². The number of hydrogen-bond acceptors (Lipinski definition) is 7. The zero-order valence-corrected chi connectivity index (χ0v) is 25.5. The fourth-order valence-corrected chi connectivity index (χ4v) is 5.80. The molecule has 0 radical (unpaired) electrons. The number of halogens is 3. The minimum Gasteiger partial charge on any atom is -0.491 e. The van der Waals surface area contributed by atoms with Crippen molar-refractivity contribution >= 4 is 17.4 Å². The number of aromatic nitrogens is 1. The van der Waals surface area contributed by atoms with E-state index in [-0.39, 0.29) is 25.6 Å². The van der Waals surface area contributed by atoms with Crippen LogP contribution in [-0.2, 0) is 32.3 Å². The standard InChI is InChI=1S/C31H37F3N2O5S/c1-28(2,3)41-27(37)36-29(4,5)40-20-30(36,6)26-35-19-25(42-26)22-12-13-24(23(18-22)31(32,33)34)39-17-16-38-15-14-21-10-8-7-9-11-21/h7-13,18-19H,14-17,20H2,1-6H3/t30-/m0/s1. The van der Waals surface area contributed by atoms with E-state index >= 15 is 0 Å². The Hall–Kier alpha value is -3.15. The number of benzene rings is 2. The molecule has 1 aromatic heterocycles. The van der Waals surface area contributed by atoms with Gasteiger partial charge in [0.05, 0.1) is 30.3 Å². The highest BCUT2D eigenvalue weighted by Gasteiger charge is 2.55. The number of hydrogen-bond donors (Lipinski definition) is 0. The molecule has 228 valence electrons. The first-order chi connectivity index (χ1) is 19.6. The maximum Gasteiger partial charge on any atom is 0.419 e. The summed E-state index contributed by atoms with van der Waals surface area (Å²) in [6, 6.07) is 13.7. The van der Waals surface area contributed by atoms with Crippen molar-refractivity contribution in [3.05, 3.63) is 70.9 Å². The van der Waals surface area contributed by atoms with Gasteiger partial charge in [0.2, 0.25) is 0 Å². The number of thiazole rings is 1. The van der Waals surface area contributed by atoms with Crippen LogP contribution in [0.3, 0.4) is 0 Å². The minimum absolute atomic E-state index is 0.0173. The molecule has 0 unspecified atom stereocenters. The van der Waals surface area contributed by atoms with Crippen molar-refractivity contribution in [2.75, 3.05) is 26.4 Å². The summed E-state index contributed by atoms with van der Waals surface area (Å²) >= 11 is 1.20. The zero-order chi connectivity index (χ0) is 30.8. The second-order valence-corrected chi connectivity index (χ2v) is 12.8. The van der Waals surface area contributed by atoms with Gasteiger partial charge in [0, 0.05) is 6.20 Å². The van der Waals surface area contributed by atoms with Crippen molar-refractivity contribution in [2.45, 2.75) is 71.0 Å². The molecule has 0 saturated carbocycles. The van der Waals surface area contributed by atoms with Crippen molar-refractivity contribution in [2.24, 2.45) is 0 Å². The maximum atomic E-state index is 14.0. The highest BCUT2D eigenvalue weighted by atomic mass is 32.1. The SMILES string of the molecule is CC(C)(C)OC(=O)N1C(C)(C)OC[C@@]1(C)c1ncc(-c2ccc(OCCOCCc3ccccc3)c(C(F)(F)F)c2)s1. The number of rotatable bonds is 9. The van der Waals surface area contributed by atoms with E-state index in [1.165, 1.54) is 28.5 Å². The summed E-state index contributed by atoms with van der Waals surface area (Å²) in [5.74, 6) is -0.267. The molecule has 0 spiro atoms. The Kier molecular flexibility index (Phi) is 9.25. The van der Waals surface area contributed by atoms with Crippen LogP contribution in [0.1, 0.15) is 57.7 Å². The molecule has 2 aromatic carbocycles. The van der Waals surface area contributed by atoms with Crippen molar-refractivity contribution in [3.8, 4) is 16.2 Å². The minimum atomic E-state index is -4.63. The van der Waals surface area contributed by atoms with Gasteiger partial charge in [-0.1, -0.05) is 30.3 Å². The Labute approximate surface area is 248 Å². The van der Waals surface area contributed by atoms with E-state index in [2.05, 4.69) is 4.98 Å². The van der Waals surface area contributed by atoms with E-state index in [1.807, 2.05) is 37.3 Å². The molecule has 1 saturated heterocycles. The molecule has 1 fully saturated rings. The van der Waals surface area contributed by atoms with Crippen LogP contribution >= 0.6 is 11.3 Å². The van der Waals surface area contributed by atoms with Crippen LogP contribution in [0.5, 0.6) is 5.75 Å². The second-order valence-electron chi connectivity index (χ2n) is 11.8. The molecule has 2 heterocycles. The highest BCUT2D eigenvalue weighted by molar-refractivity contribution is 7.15. The van der Waals surface area contributed by atoms with E-state index < -0.39 is 34.7 Å². The summed E-state index contributed by atoms with van der Waals surface area (Å²) in [5, 5.41) is 0.524. The van der Waals surface area contributed by atoms with Crippen LogP contribution in [0.25, 0.3) is 10.4 Å². The van der Waals surface area contributed by atoms with Gasteiger partial charge >= 0.3 is 12.3 Å². The van der Waals surface area contributed by atoms with Crippen LogP contribution in [0.15, 0.2) is 54.7 Å². The monoisotopic (exact) mass is 606 g/mol. The molecule has 42 heavy (non-hydrogen) atoms. The van der Waals surface area contributed by atoms with Crippen molar-refractivity contribution in [1.82, 2.24) is 9.88 Å². The molecule has 1 aliphatic heterocycles. The third-order valence-electron chi connectivity index (χ3n) is 6.71. The lowest BCUT2D eigenvalue weighted by atomic mass is 10.0. The third kappa shape index (κ3) is 7.43. The summed E-state index contributed by atoms with van der Waals surface area (Å²) in [4.78, 5) is 19.7. The molecule has 1 aliphatic rings. The topological polar surface area (TPSA) is 70.1 Å². The largest absolute Gasteiger partial charge is 0.491 e. The average molecular weight is 607 g/mol. The predicted molar refractivity (Wildman–Crippen MR) is 154 cm³/mol. The van der Waals surface area contributed by atoms with E-state index in [0.717, 1.165) is 11.6 Å². The first-order valence-electron chi connectivity index (χ1n) is 13.7. The highest BCUT2D eigenvalue weighted by Crippen LogP contribution is 2.46. The van der Waals surface area contributed by atoms with Crippen LogP contribution in [0, 0.1) is 0 Å². The third-order valence-corrected chi connectivity index (χ3v) is 8.01. The Balaban J connectivity index is 1.48. The maximum absolute atomic E-state index is 14.0. The van der Waals surface area contributed by atoms with Crippen LogP contribution in [0.2, 0.25) is 0 Å². The summed E-state index contributed by atoms with van der Waals surface area (Å²) in [6.45, 7) is 11.4. The van der Waals surface area contributed by atoms with Gasteiger partial charge in [-0.3, -0.25) is 4.90 Å². The van der Waals surface area contributed by atoms with Crippen LogP contribution < -0.4 is 4.74 Å². The predicted octanol–water partition coefficient (Wildman–Crippen LogP) is 7.69. The van der Waals surface area contributed by atoms with E-state index in [9.17, 15) is 18.0 Å². The van der Waals surface area contributed by atoms with E-state index in [1.54, 1.807) is 40.7 Å². The van der Waals surface area contributed by atoms with Gasteiger partial charge in [-0.05, 0) is 77.3 Å². The van der Waals surface area contributed by atoms with Gasteiger partial charge < -0.3 is 18.9 Å². The number of amides is 1. The molecule has 3 aromatic rings. The lowest BCUT2D eigenvalue weighted by molar-refractivity contribution is -0.139. The summed E-state index contributed by atoms with van der Waals surface area (Å²) in [5.41, 5.74) is -2.11. The first kappa shape index (κ1) is 31.8. The molecule has 1 atom stereocenters. The van der Waals surface area contributed by atoms with Gasteiger partial charge in [0.15, 0.2) is 0 Å². The number of alkyl halides is 3. The zero-order valence-electron chi connectivity index (χ0n) is 24.7. The van der Waals surface area contributed by atoms with Gasteiger partial charge in [-0.15, -0.1) is 11.3 Å². The smallest absolute Gasteiger partial charge is 0.419 e. The quantitative estimate of drug-likeness (QED) is 0.233. The molecular formula is C31H37F3N2O5S. The van der Waals surface area contributed by atoms with Crippen molar-refractivity contribution in [1.29, 1.82) is 0 Å². The lowest BCUT2D eigenvalue weighted by Gasteiger charge is -2.39. The van der Waals surface area contributed by atoms with Gasteiger partial charge in [-0.2, -0.15) is 13.2 Å². The fraction of sp³-hybridized carbons (Fsp3) is 0.484. The van der Waals surface area contributed by atoms with Gasteiger partial charge in [0.25, 0.3) is 0 Å². The Morgan fingerprint density at radius 3 is 2.43 bits per heavy atom.